The summed E-state index contributed by atoms with van der Waals surface area (Å²) in [4.78, 5) is 10.3. The number of rotatable bonds is 2. The summed E-state index contributed by atoms with van der Waals surface area (Å²) in [5.74, 6) is 0. The first-order valence-electron chi connectivity index (χ1n) is 5.37. The van der Waals surface area contributed by atoms with E-state index in [4.69, 9.17) is 8.83 Å². The Labute approximate surface area is 101 Å². The molecule has 0 radical (unpaired) electrons. The summed E-state index contributed by atoms with van der Waals surface area (Å²) < 4.78 is 10.7. The van der Waals surface area contributed by atoms with E-state index in [9.17, 15) is 10.1 Å². The lowest BCUT2D eigenvalue weighted by molar-refractivity contribution is -0.422. The number of allylic oxidation sites excluding steroid dienone is 1. The number of nitro groups is 1. The Morgan fingerprint density at radius 1 is 1.33 bits per heavy atom. The zero-order chi connectivity index (χ0) is 12.7. The van der Waals surface area contributed by atoms with Crippen molar-refractivity contribution in [2.24, 2.45) is 0 Å². The maximum atomic E-state index is 10.7. The summed E-state index contributed by atoms with van der Waals surface area (Å²) in [5, 5.41) is 12.4. The van der Waals surface area contributed by atoms with Gasteiger partial charge in [0.15, 0.2) is 0 Å². The smallest absolute Gasteiger partial charge is 0.243 e. The number of fused-ring (bicyclic) bond motifs is 2. The van der Waals surface area contributed by atoms with Crippen molar-refractivity contribution < 1.29 is 13.8 Å². The first-order valence-corrected chi connectivity index (χ1v) is 5.37. The molecule has 0 aliphatic carbocycles. The molecular formula is C13H9NO4. The highest BCUT2D eigenvalue weighted by Gasteiger charge is 2.13. The van der Waals surface area contributed by atoms with E-state index in [-0.39, 0.29) is 5.70 Å². The van der Waals surface area contributed by atoms with Crippen molar-refractivity contribution in [1.29, 1.82) is 0 Å². The minimum atomic E-state index is -0.423. The van der Waals surface area contributed by atoms with Gasteiger partial charge in [-0.2, -0.15) is 0 Å². The molecule has 0 unspecified atom stereocenters. The lowest BCUT2D eigenvalue weighted by atomic mass is 10.1. The summed E-state index contributed by atoms with van der Waals surface area (Å²) >= 11 is 0. The summed E-state index contributed by atoms with van der Waals surface area (Å²) in [6.45, 7) is 1.45. The first-order chi connectivity index (χ1) is 8.66. The molecule has 3 aromatic rings. The van der Waals surface area contributed by atoms with Crippen molar-refractivity contribution in [1.82, 2.24) is 0 Å². The quantitative estimate of drug-likeness (QED) is 0.506. The van der Waals surface area contributed by atoms with Crippen LogP contribution in [0.2, 0.25) is 0 Å². The van der Waals surface area contributed by atoms with E-state index in [0.717, 1.165) is 10.8 Å². The second kappa shape index (κ2) is 3.73. The molecule has 0 saturated carbocycles. The third kappa shape index (κ3) is 1.48. The Kier molecular flexibility index (Phi) is 2.19. The van der Waals surface area contributed by atoms with Crippen LogP contribution in [0.5, 0.6) is 0 Å². The molecule has 2 aromatic heterocycles. The van der Waals surface area contributed by atoms with Crippen LogP contribution < -0.4 is 0 Å². The molecule has 0 fully saturated rings. The highest BCUT2D eigenvalue weighted by atomic mass is 16.6. The molecule has 0 bridgehead atoms. The molecule has 1 aromatic carbocycles. The predicted molar refractivity (Wildman–Crippen MR) is 66.6 cm³/mol. The number of furan rings is 2. The van der Waals surface area contributed by atoms with Gasteiger partial charge in [0.2, 0.25) is 5.70 Å². The monoisotopic (exact) mass is 243 g/mol. The molecular weight excluding hydrogens is 234 g/mol. The van der Waals surface area contributed by atoms with Gasteiger partial charge in [-0.15, -0.1) is 0 Å². The summed E-state index contributed by atoms with van der Waals surface area (Å²) in [5.41, 5.74) is 2.05. The topological polar surface area (TPSA) is 69.4 Å². The van der Waals surface area contributed by atoms with Gasteiger partial charge >= 0.3 is 0 Å². The van der Waals surface area contributed by atoms with Gasteiger partial charge in [0.25, 0.3) is 0 Å². The van der Waals surface area contributed by atoms with Gasteiger partial charge in [-0.1, -0.05) is 0 Å². The molecule has 0 aliphatic heterocycles. The molecule has 90 valence electrons. The zero-order valence-corrected chi connectivity index (χ0v) is 9.54. The van der Waals surface area contributed by atoms with Gasteiger partial charge < -0.3 is 8.83 Å². The molecule has 5 heteroatoms. The van der Waals surface area contributed by atoms with Crippen molar-refractivity contribution in [2.75, 3.05) is 0 Å². The summed E-state index contributed by atoms with van der Waals surface area (Å²) in [6.07, 6.45) is 4.62. The molecule has 0 aliphatic rings. The highest BCUT2D eigenvalue weighted by Crippen LogP contribution is 2.31. The van der Waals surface area contributed by atoms with Crippen molar-refractivity contribution in [3.63, 3.8) is 0 Å². The molecule has 0 amide bonds. The van der Waals surface area contributed by atoms with Crippen LogP contribution in [-0.4, -0.2) is 4.92 Å². The fourth-order valence-corrected chi connectivity index (χ4v) is 1.98. The number of nitrogens with zero attached hydrogens (tertiary/aromatic N) is 1. The van der Waals surface area contributed by atoms with Crippen LogP contribution >= 0.6 is 0 Å². The minimum absolute atomic E-state index is 0.0569. The summed E-state index contributed by atoms with van der Waals surface area (Å²) in [6, 6.07) is 5.43. The standard InChI is InChI=1S/C13H9NO4/c1-8(14(15)16)6-11-10-3-5-17-12(10)7-9-2-4-18-13(9)11/h2-7H,1H3/b8-6+. The van der Waals surface area contributed by atoms with E-state index in [1.165, 1.54) is 13.0 Å². The highest BCUT2D eigenvalue weighted by molar-refractivity contribution is 6.02. The number of benzene rings is 1. The van der Waals surface area contributed by atoms with Gasteiger partial charge in [-0.3, -0.25) is 10.1 Å². The van der Waals surface area contributed by atoms with E-state index in [2.05, 4.69) is 0 Å². The Bertz CT molecular complexity index is 730. The normalized spacial score (nSPS) is 12.4. The largest absolute Gasteiger partial charge is 0.464 e. The van der Waals surface area contributed by atoms with Crippen molar-refractivity contribution in [3.05, 3.63) is 52.1 Å². The number of hydrogen-bond donors (Lipinski definition) is 0. The second-order valence-corrected chi connectivity index (χ2v) is 4.00. The number of hydrogen-bond acceptors (Lipinski definition) is 4. The Morgan fingerprint density at radius 2 is 2.11 bits per heavy atom. The second-order valence-electron chi connectivity index (χ2n) is 4.00. The third-order valence-electron chi connectivity index (χ3n) is 2.85. The zero-order valence-electron chi connectivity index (χ0n) is 9.54. The van der Waals surface area contributed by atoms with Gasteiger partial charge in [0, 0.05) is 29.3 Å². The fraction of sp³-hybridized carbons (Fsp3) is 0.0769. The average Bonchev–Trinajstić information content (AvgIpc) is 2.95. The lowest BCUT2D eigenvalue weighted by Gasteiger charge is -1.98. The Morgan fingerprint density at radius 3 is 2.89 bits per heavy atom. The Hall–Kier alpha value is -2.56. The van der Waals surface area contributed by atoms with Crippen LogP contribution in [0.25, 0.3) is 28.0 Å². The minimum Gasteiger partial charge on any atom is -0.464 e. The van der Waals surface area contributed by atoms with Crippen LogP contribution in [0, 0.1) is 10.1 Å². The average molecular weight is 243 g/mol. The molecule has 2 heterocycles. The van der Waals surface area contributed by atoms with Gasteiger partial charge in [0.1, 0.15) is 11.2 Å². The fourth-order valence-electron chi connectivity index (χ4n) is 1.98. The Balaban J connectivity index is 2.40. The van der Waals surface area contributed by atoms with E-state index < -0.39 is 4.92 Å². The van der Waals surface area contributed by atoms with Crippen LogP contribution in [0.3, 0.4) is 0 Å². The van der Waals surface area contributed by atoms with Crippen LogP contribution in [0.4, 0.5) is 0 Å². The maximum absolute atomic E-state index is 10.7. The van der Waals surface area contributed by atoms with Crippen LogP contribution in [-0.2, 0) is 0 Å². The summed E-state index contributed by atoms with van der Waals surface area (Å²) in [7, 11) is 0. The molecule has 0 spiro atoms. The first kappa shape index (κ1) is 10.6. The lowest BCUT2D eigenvalue weighted by Crippen LogP contribution is -1.93. The molecule has 0 saturated heterocycles. The molecule has 0 atom stereocenters. The van der Waals surface area contributed by atoms with Crippen LogP contribution in [0.1, 0.15) is 12.5 Å². The van der Waals surface area contributed by atoms with Gasteiger partial charge in [-0.05, 0) is 18.2 Å². The van der Waals surface area contributed by atoms with Crippen LogP contribution in [0.15, 0.2) is 45.3 Å². The van der Waals surface area contributed by atoms with E-state index >= 15 is 0 Å². The van der Waals surface area contributed by atoms with E-state index in [0.29, 0.717) is 16.7 Å². The van der Waals surface area contributed by atoms with Gasteiger partial charge in [0.05, 0.1) is 17.4 Å². The SMILES string of the molecule is C/C(=C\c1c2ccoc2cc2ccoc12)[N+](=O)[O-]. The molecule has 5 nitrogen and oxygen atoms in total. The predicted octanol–water partition coefficient (Wildman–Crippen LogP) is 3.82. The van der Waals surface area contributed by atoms with Gasteiger partial charge in [-0.25, -0.2) is 0 Å². The molecule has 3 rings (SSSR count). The maximum Gasteiger partial charge on any atom is 0.243 e. The van der Waals surface area contributed by atoms with Crippen molar-refractivity contribution in [3.8, 4) is 0 Å². The van der Waals surface area contributed by atoms with E-state index in [1.807, 2.05) is 6.07 Å². The molecule has 0 N–H and O–H groups in total. The van der Waals surface area contributed by atoms with Crippen molar-refractivity contribution >= 4 is 28.0 Å². The van der Waals surface area contributed by atoms with Crippen molar-refractivity contribution in [2.45, 2.75) is 6.92 Å². The van der Waals surface area contributed by atoms with E-state index in [1.54, 1.807) is 24.7 Å². The molecule has 18 heavy (non-hydrogen) atoms. The third-order valence-corrected chi connectivity index (χ3v) is 2.85.